The van der Waals surface area contributed by atoms with Crippen LogP contribution in [-0.2, 0) is 16.4 Å². The van der Waals surface area contributed by atoms with Gasteiger partial charge in [0.2, 0.25) is 10.0 Å². The number of carbonyl (C=O) groups excluding carboxylic acids is 1. The molecule has 0 aliphatic heterocycles. The zero-order valence-corrected chi connectivity index (χ0v) is 15.4. The predicted octanol–water partition coefficient (Wildman–Crippen LogP) is 1.43. The average Bonchev–Trinajstić information content (AvgIpc) is 2.61. The van der Waals surface area contributed by atoms with Crippen LogP contribution in [0.3, 0.4) is 0 Å². The number of non-ortho nitro benzene ring substituents is 1. The number of hydrogen-bond donors (Lipinski definition) is 2. The van der Waals surface area contributed by atoms with Gasteiger partial charge in [-0.2, -0.15) is 0 Å². The van der Waals surface area contributed by atoms with E-state index in [9.17, 15) is 33.4 Å². The molecule has 0 aliphatic carbocycles. The fourth-order valence-corrected chi connectivity index (χ4v) is 2.99. The minimum absolute atomic E-state index is 0.0191. The van der Waals surface area contributed by atoms with Crippen LogP contribution >= 0.6 is 0 Å². The second-order valence-corrected chi connectivity index (χ2v) is 7.41. The lowest BCUT2D eigenvalue weighted by molar-refractivity contribution is -0.394. The molecule has 11 nitrogen and oxygen atoms in total. The van der Waals surface area contributed by atoms with Crippen LogP contribution in [0.1, 0.15) is 21.5 Å². The molecule has 0 heterocycles. The van der Waals surface area contributed by atoms with Gasteiger partial charge < -0.3 is 5.32 Å². The van der Waals surface area contributed by atoms with Crippen LogP contribution in [0.25, 0.3) is 0 Å². The Balaban J connectivity index is 2.13. The van der Waals surface area contributed by atoms with Gasteiger partial charge in [-0.25, -0.2) is 13.6 Å². The molecule has 2 aromatic rings. The Morgan fingerprint density at radius 2 is 1.71 bits per heavy atom. The van der Waals surface area contributed by atoms with Crippen molar-refractivity contribution < 1.29 is 23.1 Å². The largest absolute Gasteiger partial charge is 0.352 e. The van der Waals surface area contributed by atoms with Gasteiger partial charge in [0.25, 0.3) is 17.3 Å². The third-order valence-electron chi connectivity index (χ3n) is 3.97. The van der Waals surface area contributed by atoms with E-state index in [1.165, 1.54) is 31.2 Å². The lowest BCUT2D eigenvalue weighted by Gasteiger charge is -2.09. The molecular formula is C16H16N4O7S. The van der Waals surface area contributed by atoms with Crippen molar-refractivity contribution >= 4 is 27.3 Å². The molecule has 148 valence electrons. The highest BCUT2D eigenvalue weighted by molar-refractivity contribution is 7.89. The number of nitro benzene ring substituents is 2. The van der Waals surface area contributed by atoms with Crippen LogP contribution in [0, 0.1) is 27.2 Å². The number of rotatable bonds is 7. The van der Waals surface area contributed by atoms with Crippen molar-refractivity contribution in [2.75, 3.05) is 6.54 Å². The normalized spacial score (nSPS) is 11.1. The first-order chi connectivity index (χ1) is 13.0. The van der Waals surface area contributed by atoms with E-state index in [0.29, 0.717) is 6.42 Å². The number of hydrogen-bond acceptors (Lipinski definition) is 7. The summed E-state index contributed by atoms with van der Waals surface area (Å²) in [4.78, 5) is 32.7. The van der Waals surface area contributed by atoms with Crippen molar-refractivity contribution in [3.8, 4) is 0 Å². The summed E-state index contributed by atoms with van der Waals surface area (Å²) in [7, 11) is -3.80. The topological polar surface area (TPSA) is 176 Å². The molecule has 0 bridgehead atoms. The third-order valence-corrected chi connectivity index (χ3v) is 4.90. The van der Waals surface area contributed by atoms with Crippen LogP contribution < -0.4 is 10.5 Å². The van der Waals surface area contributed by atoms with Crippen molar-refractivity contribution in [3.05, 3.63) is 73.3 Å². The summed E-state index contributed by atoms with van der Waals surface area (Å²) in [6.45, 7) is 1.46. The molecule has 12 heteroatoms. The Hall–Kier alpha value is -3.38. The second kappa shape index (κ2) is 8.10. The lowest BCUT2D eigenvalue weighted by atomic mass is 10.0. The molecule has 1 amide bonds. The minimum Gasteiger partial charge on any atom is -0.352 e. The first kappa shape index (κ1) is 20.9. The van der Waals surface area contributed by atoms with Crippen molar-refractivity contribution in [1.82, 2.24) is 5.32 Å². The maximum atomic E-state index is 12.3. The van der Waals surface area contributed by atoms with Gasteiger partial charge in [0.05, 0.1) is 26.4 Å². The number of amides is 1. The highest BCUT2D eigenvalue weighted by Gasteiger charge is 2.24. The van der Waals surface area contributed by atoms with Gasteiger partial charge in [-0.15, -0.1) is 0 Å². The summed E-state index contributed by atoms with van der Waals surface area (Å²) in [6.07, 6.45) is 0.340. The van der Waals surface area contributed by atoms with E-state index in [2.05, 4.69) is 5.32 Å². The van der Waals surface area contributed by atoms with Crippen LogP contribution in [0.15, 0.2) is 41.3 Å². The highest BCUT2D eigenvalue weighted by Crippen LogP contribution is 2.27. The quantitative estimate of drug-likeness (QED) is 0.514. The Morgan fingerprint density at radius 1 is 1.11 bits per heavy atom. The van der Waals surface area contributed by atoms with Gasteiger partial charge in [0.15, 0.2) is 0 Å². The van der Waals surface area contributed by atoms with Crippen LogP contribution in [0.2, 0.25) is 0 Å². The lowest BCUT2D eigenvalue weighted by Crippen LogP contribution is -2.26. The molecule has 0 saturated heterocycles. The highest BCUT2D eigenvalue weighted by atomic mass is 32.2. The van der Waals surface area contributed by atoms with Crippen LogP contribution in [0.4, 0.5) is 11.4 Å². The van der Waals surface area contributed by atoms with Crippen molar-refractivity contribution in [3.63, 3.8) is 0 Å². The van der Waals surface area contributed by atoms with E-state index in [1.807, 2.05) is 0 Å². The summed E-state index contributed by atoms with van der Waals surface area (Å²) >= 11 is 0. The Morgan fingerprint density at radius 3 is 2.21 bits per heavy atom. The number of benzene rings is 2. The van der Waals surface area contributed by atoms with Gasteiger partial charge in [0, 0.05) is 18.2 Å². The molecule has 2 aromatic carbocycles. The molecule has 0 fully saturated rings. The number of nitrogens with zero attached hydrogens (tertiary/aromatic N) is 2. The summed E-state index contributed by atoms with van der Waals surface area (Å²) < 4.78 is 22.4. The summed E-state index contributed by atoms with van der Waals surface area (Å²) in [5.74, 6) is -0.689. The van der Waals surface area contributed by atoms with E-state index in [0.717, 1.165) is 17.7 Å². The number of nitrogens with one attached hydrogen (secondary N) is 1. The maximum absolute atomic E-state index is 12.3. The summed E-state index contributed by atoms with van der Waals surface area (Å²) in [6, 6.07) is 7.53. The standard InChI is InChI=1S/C16H16N4O7S/c1-10-14(8-12(19(22)23)9-15(10)20(24)25)16(21)18-7-6-11-2-4-13(5-3-11)28(17,26)27/h2-5,8-9H,6-7H2,1H3,(H,18,21)(H2,17,26,27). The van der Waals surface area contributed by atoms with Gasteiger partial charge >= 0.3 is 0 Å². The Kier molecular flexibility index (Phi) is 6.06. The molecule has 0 unspecified atom stereocenters. The van der Waals surface area contributed by atoms with Crippen LogP contribution in [0.5, 0.6) is 0 Å². The smallest absolute Gasteiger partial charge is 0.279 e. The average molecular weight is 408 g/mol. The molecule has 3 N–H and O–H groups in total. The summed E-state index contributed by atoms with van der Waals surface area (Å²) in [5.41, 5.74) is -0.496. The van der Waals surface area contributed by atoms with Crippen LogP contribution in [-0.4, -0.2) is 30.7 Å². The molecule has 28 heavy (non-hydrogen) atoms. The van der Waals surface area contributed by atoms with Gasteiger partial charge in [-0.1, -0.05) is 12.1 Å². The fraction of sp³-hybridized carbons (Fsp3) is 0.188. The van der Waals surface area contributed by atoms with E-state index in [1.54, 1.807) is 0 Å². The first-order valence-corrected chi connectivity index (χ1v) is 9.38. The van der Waals surface area contributed by atoms with Gasteiger partial charge in [0.1, 0.15) is 0 Å². The molecule has 2 rings (SSSR count). The van der Waals surface area contributed by atoms with E-state index < -0.39 is 37.2 Å². The molecule has 0 aliphatic rings. The zero-order chi connectivity index (χ0) is 21.1. The number of nitrogens with two attached hydrogens (primary N) is 1. The monoisotopic (exact) mass is 408 g/mol. The van der Waals surface area contributed by atoms with Crippen molar-refractivity contribution in [2.45, 2.75) is 18.2 Å². The zero-order valence-electron chi connectivity index (χ0n) is 14.6. The first-order valence-electron chi connectivity index (χ1n) is 7.84. The molecule has 0 atom stereocenters. The third kappa shape index (κ3) is 4.86. The SMILES string of the molecule is Cc1c(C(=O)NCCc2ccc(S(N)(=O)=O)cc2)cc([N+](=O)[O-])cc1[N+](=O)[O-]. The van der Waals surface area contributed by atoms with Gasteiger partial charge in [-0.05, 0) is 31.0 Å². The number of primary sulfonamides is 1. The number of sulfonamides is 1. The molecule has 0 saturated carbocycles. The van der Waals surface area contributed by atoms with Gasteiger partial charge in [-0.3, -0.25) is 25.0 Å². The van der Waals surface area contributed by atoms with E-state index in [-0.39, 0.29) is 22.6 Å². The molecular weight excluding hydrogens is 392 g/mol. The number of carbonyl (C=O) groups is 1. The fourth-order valence-electron chi connectivity index (χ4n) is 2.48. The Labute approximate surface area is 159 Å². The maximum Gasteiger partial charge on any atom is 0.279 e. The van der Waals surface area contributed by atoms with Crippen molar-refractivity contribution in [2.24, 2.45) is 5.14 Å². The second-order valence-electron chi connectivity index (χ2n) is 5.85. The predicted molar refractivity (Wildman–Crippen MR) is 98.3 cm³/mol. The summed E-state index contributed by atoms with van der Waals surface area (Å²) in [5, 5.41) is 29.6. The molecule has 0 spiro atoms. The van der Waals surface area contributed by atoms with Crippen molar-refractivity contribution in [1.29, 1.82) is 0 Å². The van der Waals surface area contributed by atoms with E-state index in [4.69, 9.17) is 5.14 Å². The molecule has 0 radical (unpaired) electrons. The Bertz CT molecular complexity index is 1050. The van der Waals surface area contributed by atoms with E-state index >= 15 is 0 Å². The minimum atomic E-state index is -3.80. The molecule has 0 aromatic heterocycles. The number of nitro groups is 2.